The van der Waals surface area contributed by atoms with Gasteiger partial charge in [0.25, 0.3) is 5.91 Å². The predicted molar refractivity (Wildman–Crippen MR) is 124 cm³/mol. The van der Waals surface area contributed by atoms with Gasteiger partial charge in [-0.15, -0.1) is 0 Å². The monoisotopic (exact) mass is 453 g/mol. The minimum absolute atomic E-state index is 0.216. The van der Waals surface area contributed by atoms with Crippen molar-refractivity contribution in [1.82, 2.24) is 14.7 Å². The van der Waals surface area contributed by atoms with Gasteiger partial charge in [-0.2, -0.15) is 0 Å². The number of pyridine rings is 1. The summed E-state index contributed by atoms with van der Waals surface area (Å²) in [6.45, 7) is 11.3. The van der Waals surface area contributed by atoms with Crippen LogP contribution in [0.5, 0.6) is 11.5 Å². The van der Waals surface area contributed by atoms with Crippen LogP contribution >= 0.6 is 0 Å². The van der Waals surface area contributed by atoms with Crippen molar-refractivity contribution in [3.8, 4) is 11.5 Å². The SMILES string of the molecule is Cc1cn2cc(NC(=O)c3ccc(N4C[C@@H](C)N[C@H](C)C4)c4c3OC(C)(C)O4)cc(F)c2n1. The van der Waals surface area contributed by atoms with E-state index in [4.69, 9.17) is 9.47 Å². The average Bonchev–Trinajstić information content (AvgIpc) is 3.24. The average molecular weight is 454 g/mol. The number of aryl methyl sites for hydroxylation is 1. The lowest BCUT2D eigenvalue weighted by Gasteiger charge is -2.38. The molecule has 174 valence electrons. The Kier molecular flexibility index (Phi) is 4.97. The number of nitrogens with zero attached hydrogens (tertiary/aromatic N) is 3. The Morgan fingerprint density at radius 3 is 2.61 bits per heavy atom. The van der Waals surface area contributed by atoms with Crippen molar-refractivity contribution in [2.75, 3.05) is 23.3 Å². The summed E-state index contributed by atoms with van der Waals surface area (Å²) in [4.78, 5) is 19.6. The van der Waals surface area contributed by atoms with E-state index in [9.17, 15) is 9.18 Å². The Bertz CT molecular complexity index is 1240. The van der Waals surface area contributed by atoms with E-state index < -0.39 is 17.5 Å². The van der Waals surface area contributed by atoms with Gasteiger partial charge in [-0.05, 0) is 32.9 Å². The number of carbonyl (C=O) groups excluding carboxylic acids is 1. The van der Waals surface area contributed by atoms with E-state index in [0.29, 0.717) is 40.5 Å². The van der Waals surface area contributed by atoms with Gasteiger partial charge in [-0.3, -0.25) is 4.79 Å². The Morgan fingerprint density at radius 1 is 1.18 bits per heavy atom. The van der Waals surface area contributed by atoms with E-state index in [1.165, 1.54) is 6.07 Å². The zero-order chi connectivity index (χ0) is 23.5. The molecule has 0 saturated carbocycles. The Morgan fingerprint density at radius 2 is 1.88 bits per heavy atom. The first kappa shape index (κ1) is 21.5. The molecule has 1 aromatic carbocycles. The standard InChI is InChI=1S/C24H28FN5O3/c1-13-9-29(10-14(2)26-13)19-7-6-17(20-21(19)33-24(4,5)32-20)23(31)28-16-8-18(25)22-27-15(3)11-30(22)12-16/h6-8,11-14,26H,9-10H2,1-5H3,(H,28,31)/t13-,14-/m1/s1. The predicted octanol–water partition coefficient (Wildman–Crippen LogP) is 3.73. The second kappa shape index (κ2) is 7.62. The van der Waals surface area contributed by atoms with Crippen LogP contribution in [0.4, 0.5) is 15.8 Å². The first-order chi connectivity index (χ1) is 15.6. The minimum Gasteiger partial charge on any atom is -0.448 e. The number of piperazine rings is 1. The van der Waals surface area contributed by atoms with E-state index >= 15 is 0 Å². The van der Waals surface area contributed by atoms with Crippen molar-refractivity contribution >= 4 is 22.9 Å². The summed E-state index contributed by atoms with van der Waals surface area (Å²) in [7, 11) is 0. The quantitative estimate of drug-likeness (QED) is 0.629. The van der Waals surface area contributed by atoms with Crippen molar-refractivity contribution in [2.24, 2.45) is 0 Å². The van der Waals surface area contributed by atoms with E-state index in [-0.39, 0.29) is 5.65 Å². The summed E-state index contributed by atoms with van der Waals surface area (Å²) in [6, 6.07) is 5.53. The van der Waals surface area contributed by atoms with Crippen LogP contribution in [0.2, 0.25) is 0 Å². The van der Waals surface area contributed by atoms with E-state index in [0.717, 1.165) is 18.8 Å². The van der Waals surface area contributed by atoms with Crippen molar-refractivity contribution in [1.29, 1.82) is 0 Å². The van der Waals surface area contributed by atoms with Crippen LogP contribution in [0.3, 0.4) is 0 Å². The van der Waals surface area contributed by atoms with Crippen molar-refractivity contribution in [2.45, 2.75) is 52.5 Å². The van der Waals surface area contributed by atoms with E-state index in [1.54, 1.807) is 29.8 Å². The van der Waals surface area contributed by atoms with Gasteiger partial charge in [0.1, 0.15) is 0 Å². The molecule has 0 radical (unpaired) electrons. The zero-order valence-electron chi connectivity index (χ0n) is 19.4. The van der Waals surface area contributed by atoms with Crippen LogP contribution in [0.1, 0.15) is 43.7 Å². The summed E-state index contributed by atoms with van der Waals surface area (Å²) in [6.07, 6.45) is 3.34. The number of benzene rings is 1. The number of hydrogen-bond donors (Lipinski definition) is 2. The molecule has 2 aromatic heterocycles. The molecule has 2 N–H and O–H groups in total. The summed E-state index contributed by atoms with van der Waals surface area (Å²) >= 11 is 0. The number of fused-ring (bicyclic) bond motifs is 2. The molecule has 8 nitrogen and oxygen atoms in total. The summed E-state index contributed by atoms with van der Waals surface area (Å²) in [5, 5.41) is 6.31. The van der Waals surface area contributed by atoms with Gasteiger partial charge in [-0.25, -0.2) is 9.37 Å². The highest BCUT2D eigenvalue weighted by Crippen LogP contribution is 2.48. The van der Waals surface area contributed by atoms with Gasteiger partial charge < -0.3 is 29.4 Å². The van der Waals surface area contributed by atoms with Gasteiger partial charge >= 0.3 is 0 Å². The van der Waals surface area contributed by atoms with Crippen LogP contribution in [0.25, 0.3) is 5.65 Å². The number of anilines is 2. The van der Waals surface area contributed by atoms with Gasteiger partial charge in [0.15, 0.2) is 23.0 Å². The molecule has 3 aromatic rings. The lowest BCUT2D eigenvalue weighted by Crippen LogP contribution is -2.54. The van der Waals surface area contributed by atoms with Crippen molar-refractivity contribution in [3.05, 3.63) is 47.7 Å². The number of nitrogens with one attached hydrogen (secondary N) is 2. The highest BCUT2D eigenvalue weighted by molar-refractivity contribution is 6.07. The number of halogens is 1. The zero-order valence-corrected chi connectivity index (χ0v) is 19.4. The first-order valence-electron chi connectivity index (χ1n) is 11.1. The van der Waals surface area contributed by atoms with Gasteiger partial charge in [0.2, 0.25) is 5.79 Å². The largest absolute Gasteiger partial charge is 0.448 e. The molecule has 1 fully saturated rings. The molecule has 1 amide bonds. The second-order valence-electron chi connectivity index (χ2n) is 9.41. The van der Waals surface area contributed by atoms with Crippen molar-refractivity contribution in [3.63, 3.8) is 0 Å². The normalized spacial score (nSPS) is 21.5. The third kappa shape index (κ3) is 3.97. The lowest BCUT2D eigenvalue weighted by molar-refractivity contribution is -0.0431. The molecule has 0 aliphatic carbocycles. The van der Waals surface area contributed by atoms with Crippen LogP contribution < -0.4 is 25.0 Å². The van der Waals surface area contributed by atoms with Crippen LogP contribution in [-0.4, -0.2) is 46.3 Å². The van der Waals surface area contributed by atoms with E-state index in [1.807, 2.05) is 19.9 Å². The van der Waals surface area contributed by atoms with Gasteiger partial charge in [-0.1, -0.05) is 0 Å². The third-order valence-corrected chi connectivity index (χ3v) is 5.81. The number of hydrogen-bond acceptors (Lipinski definition) is 6. The molecule has 33 heavy (non-hydrogen) atoms. The number of imidazole rings is 1. The fraction of sp³-hybridized carbons (Fsp3) is 0.417. The Hall–Kier alpha value is -3.33. The molecule has 5 rings (SSSR count). The topological polar surface area (TPSA) is 80.1 Å². The fourth-order valence-electron chi connectivity index (χ4n) is 4.66. The summed E-state index contributed by atoms with van der Waals surface area (Å²) in [5.41, 5.74) is 2.46. The van der Waals surface area contributed by atoms with Gasteiger partial charge in [0, 0.05) is 57.5 Å². The molecular formula is C24H28FN5O3. The number of ether oxygens (including phenoxy) is 2. The maximum Gasteiger partial charge on any atom is 0.259 e. The molecule has 0 bridgehead atoms. The van der Waals surface area contributed by atoms with Gasteiger partial charge in [0.05, 0.1) is 22.6 Å². The fourth-order valence-corrected chi connectivity index (χ4v) is 4.66. The number of rotatable bonds is 3. The molecule has 2 aliphatic heterocycles. The van der Waals surface area contributed by atoms with E-state index in [2.05, 4.69) is 34.4 Å². The molecule has 9 heteroatoms. The smallest absolute Gasteiger partial charge is 0.259 e. The molecule has 2 aliphatic rings. The lowest BCUT2D eigenvalue weighted by atomic mass is 10.1. The van der Waals surface area contributed by atoms with Crippen LogP contribution in [0, 0.1) is 12.7 Å². The summed E-state index contributed by atoms with van der Waals surface area (Å²) in [5.74, 6) is -0.867. The third-order valence-electron chi connectivity index (χ3n) is 5.81. The molecule has 0 unspecified atom stereocenters. The number of carbonyl (C=O) groups is 1. The Balaban J connectivity index is 1.49. The number of amides is 1. The first-order valence-corrected chi connectivity index (χ1v) is 11.1. The Labute approximate surface area is 191 Å². The summed E-state index contributed by atoms with van der Waals surface area (Å²) < 4.78 is 28.2. The van der Waals surface area contributed by atoms with Crippen LogP contribution in [-0.2, 0) is 0 Å². The maximum absolute atomic E-state index is 14.5. The highest BCUT2D eigenvalue weighted by Gasteiger charge is 2.39. The molecule has 4 heterocycles. The highest BCUT2D eigenvalue weighted by atomic mass is 19.1. The van der Waals surface area contributed by atoms with Crippen molar-refractivity contribution < 1.29 is 18.7 Å². The second-order valence-corrected chi connectivity index (χ2v) is 9.41. The maximum atomic E-state index is 14.5. The molecule has 0 spiro atoms. The number of aromatic nitrogens is 2. The minimum atomic E-state index is -0.905. The molecule has 1 saturated heterocycles. The molecule has 2 atom stereocenters. The molecular weight excluding hydrogens is 425 g/mol. The van der Waals surface area contributed by atoms with Crippen LogP contribution in [0.15, 0.2) is 30.6 Å².